The van der Waals surface area contributed by atoms with E-state index in [1.165, 1.54) is 0 Å². The van der Waals surface area contributed by atoms with Gasteiger partial charge in [0.15, 0.2) is 5.76 Å². The van der Waals surface area contributed by atoms with E-state index in [-0.39, 0.29) is 0 Å². The predicted molar refractivity (Wildman–Crippen MR) is 77.3 cm³/mol. The largest absolute Gasteiger partial charge is 0.460 e. The minimum absolute atomic E-state index is 0.663. The highest BCUT2D eigenvalue weighted by atomic mass is 16.3. The van der Waals surface area contributed by atoms with Crippen molar-refractivity contribution in [1.29, 1.82) is 0 Å². The lowest BCUT2D eigenvalue weighted by Gasteiger charge is -2.06. The topological polar surface area (TPSA) is 66.7 Å². The highest BCUT2D eigenvalue weighted by Gasteiger charge is 2.10. The van der Waals surface area contributed by atoms with Crippen LogP contribution >= 0.6 is 0 Å². The number of aromatic nitrogens is 3. The fraction of sp³-hybridized carbons (Fsp3) is 0.200. The van der Waals surface area contributed by atoms with Crippen LogP contribution in [0.2, 0.25) is 0 Å². The summed E-state index contributed by atoms with van der Waals surface area (Å²) in [5.41, 5.74) is 3.95. The van der Waals surface area contributed by atoms with Gasteiger partial charge in [-0.2, -0.15) is 5.10 Å². The van der Waals surface area contributed by atoms with E-state index in [2.05, 4.69) is 20.5 Å². The summed E-state index contributed by atoms with van der Waals surface area (Å²) in [4.78, 5) is 4.26. The van der Waals surface area contributed by atoms with Crippen LogP contribution in [0.1, 0.15) is 17.0 Å². The molecule has 102 valence electrons. The molecule has 3 rings (SSSR count). The van der Waals surface area contributed by atoms with E-state index in [1.54, 1.807) is 0 Å². The Labute approximate surface area is 117 Å². The number of nitrogens with one attached hydrogen (secondary N) is 2. The highest BCUT2D eigenvalue weighted by Crippen LogP contribution is 2.23. The van der Waals surface area contributed by atoms with Crippen molar-refractivity contribution >= 4 is 5.69 Å². The molecule has 2 N–H and O–H groups in total. The Morgan fingerprint density at radius 2 is 2.05 bits per heavy atom. The fourth-order valence-corrected chi connectivity index (χ4v) is 2.00. The fourth-order valence-electron chi connectivity index (χ4n) is 2.00. The van der Waals surface area contributed by atoms with Crippen LogP contribution in [0.4, 0.5) is 5.69 Å². The zero-order valence-electron chi connectivity index (χ0n) is 11.5. The summed E-state index contributed by atoms with van der Waals surface area (Å²) < 4.78 is 5.62. The lowest BCUT2D eigenvalue weighted by Crippen LogP contribution is -2.00. The van der Waals surface area contributed by atoms with Gasteiger partial charge in [0.05, 0.1) is 18.1 Å². The van der Waals surface area contributed by atoms with Gasteiger partial charge in [-0.25, -0.2) is 0 Å². The average Bonchev–Trinajstić information content (AvgIpc) is 3.06. The van der Waals surface area contributed by atoms with Crippen molar-refractivity contribution in [3.8, 4) is 11.5 Å². The van der Waals surface area contributed by atoms with Gasteiger partial charge in [0.1, 0.15) is 11.5 Å². The average molecular weight is 268 g/mol. The molecule has 0 fully saturated rings. The summed E-state index contributed by atoms with van der Waals surface area (Å²) in [6, 6.07) is 7.88. The summed E-state index contributed by atoms with van der Waals surface area (Å²) in [7, 11) is 0. The maximum Gasteiger partial charge on any atom is 0.152 e. The SMILES string of the molecule is Cc1ccc(NCc2cn[nH]c2-c2ccc(C)o2)cn1. The number of anilines is 1. The van der Waals surface area contributed by atoms with Crippen molar-refractivity contribution in [1.82, 2.24) is 15.2 Å². The third-order valence-corrected chi connectivity index (χ3v) is 3.10. The molecule has 0 saturated carbocycles. The van der Waals surface area contributed by atoms with Gasteiger partial charge in [-0.1, -0.05) is 0 Å². The van der Waals surface area contributed by atoms with Gasteiger partial charge < -0.3 is 9.73 Å². The van der Waals surface area contributed by atoms with Gasteiger partial charge in [0.25, 0.3) is 0 Å². The first-order valence-corrected chi connectivity index (χ1v) is 6.48. The minimum atomic E-state index is 0.663. The molecule has 3 aromatic rings. The molecule has 0 atom stereocenters. The Kier molecular flexibility index (Phi) is 3.25. The Morgan fingerprint density at radius 1 is 1.15 bits per heavy atom. The van der Waals surface area contributed by atoms with Crippen LogP contribution in [0.25, 0.3) is 11.5 Å². The molecule has 0 saturated heterocycles. The minimum Gasteiger partial charge on any atom is -0.460 e. The van der Waals surface area contributed by atoms with Crippen LogP contribution in [-0.4, -0.2) is 15.2 Å². The third-order valence-electron chi connectivity index (χ3n) is 3.10. The summed E-state index contributed by atoms with van der Waals surface area (Å²) in [5.74, 6) is 1.69. The first-order valence-electron chi connectivity index (χ1n) is 6.48. The summed E-state index contributed by atoms with van der Waals surface area (Å²) in [5, 5.41) is 10.4. The molecule has 0 amide bonds. The number of aryl methyl sites for hydroxylation is 2. The van der Waals surface area contributed by atoms with Crippen LogP contribution in [0.3, 0.4) is 0 Å². The molecule has 20 heavy (non-hydrogen) atoms. The number of furan rings is 1. The molecule has 0 aromatic carbocycles. The second-order valence-corrected chi connectivity index (χ2v) is 4.72. The Balaban J connectivity index is 1.75. The normalized spacial score (nSPS) is 10.7. The second kappa shape index (κ2) is 5.21. The number of nitrogens with zero attached hydrogens (tertiary/aromatic N) is 2. The van der Waals surface area contributed by atoms with Gasteiger partial charge in [0, 0.05) is 17.8 Å². The maximum atomic E-state index is 5.62. The van der Waals surface area contributed by atoms with E-state index in [0.29, 0.717) is 6.54 Å². The van der Waals surface area contributed by atoms with E-state index < -0.39 is 0 Å². The molecule has 0 aliphatic carbocycles. The predicted octanol–water partition coefficient (Wildman–Crippen LogP) is 3.29. The van der Waals surface area contributed by atoms with Gasteiger partial charge in [-0.3, -0.25) is 10.1 Å². The molecule has 0 spiro atoms. The molecule has 0 aliphatic rings. The number of rotatable bonds is 4. The van der Waals surface area contributed by atoms with Crippen molar-refractivity contribution in [3.63, 3.8) is 0 Å². The van der Waals surface area contributed by atoms with Crippen molar-refractivity contribution in [2.75, 3.05) is 5.32 Å². The number of pyridine rings is 1. The number of H-pyrrole nitrogens is 1. The molecule has 5 nitrogen and oxygen atoms in total. The quantitative estimate of drug-likeness (QED) is 0.762. The third kappa shape index (κ3) is 2.56. The van der Waals surface area contributed by atoms with Crippen LogP contribution in [-0.2, 0) is 6.54 Å². The zero-order chi connectivity index (χ0) is 13.9. The molecule has 5 heteroatoms. The summed E-state index contributed by atoms with van der Waals surface area (Å²) in [6.07, 6.45) is 3.63. The Hall–Kier alpha value is -2.56. The van der Waals surface area contributed by atoms with E-state index in [9.17, 15) is 0 Å². The smallest absolute Gasteiger partial charge is 0.152 e. The van der Waals surface area contributed by atoms with E-state index in [0.717, 1.165) is 34.2 Å². The zero-order valence-corrected chi connectivity index (χ0v) is 11.5. The van der Waals surface area contributed by atoms with Crippen LogP contribution in [0.15, 0.2) is 41.1 Å². The second-order valence-electron chi connectivity index (χ2n) is 4.72. The maximum absolute atomic E-state index is 5.62. The summed E-state index contributed by atoms with van der Waals surface area (Å²) in [6.45, 7) is 4.56. The molecule has 0 radical (unpaired) electrons. The van der Waals surface area contributed by atoms with Crippen molar-refractivity contribution in [3.05, 3.63) is 53.7 Å². The number of hydrogen-bond acceptors (Lipinski definition) is 4. The van der Waals surface area contributed by atoms with Gasteiger partial charge >= 0.3 is 0 Å². The van der Waals surface area contributed by atoms with E-state index in [1.807, 2.05) is 50.5 Å². The van der Waals surface area contributed by atoms with E-state index in [4.69, 9.17) is 4.42 Å². The summed E-state index contributed by atoms with van der Waals surface area (Å²) >= 11 is 0. The molecule has 3 aromatic heterocycles. The standard InChI is InChI=1S/C15H16N4O/c1-10-3-5-13(9-16-10)17-7-12-8-18-19-15(12)14-6-4-11(2)20-14/h3-6,8-9,17H,7H2,1-2H3,(H,18,19). The number of aromatic amines is 1. The van der Waals surface area contributed by atoms with Crippen molar-refractivity contribution in [2.45, 2.75) is 20.4 Å². The monoisotopic (exact) mass is 268 g/mol. The molecule has 3 heterocycles. The van der Waals surface area contributed by atoms with Crippen LogP contribution in [0, 0.1) is 13.8 Å². The molecular weight excluding hydrogens is 252 g/mol. The number of hydrogen-bond donors (Lipinski definition) is 2. The van der Waals surface area contributed by atoms with Crippen LogP contribution < -0.4 is 5.32 Å². The van der Waals surface area contributed by atoms with Crippen molar-refractivity contribution in [2.24, 2.45) is 0 Å². The molecule has 0 unspecified atom stereocenters. The van der Waals surface area contributed by atoms with Crippen LogP contribution in [0.5, 0.6) is 0 Å². The molecule has 0 aliphatic heterocycles. The lowest BCUT2D eigenvalue weighted by molar-refractivity contribution is 0.545. The van der Waals surface area contributed by atoms with Crippen molar-refractivity contribution < 1.29 is 4.42 Å². The lowest BCUT2D eigenvalue weighted by atomic mass is 10.2. The molecule has 0 bridgehead atoms. The van der Waals surface area contributed by atoms with Gasteiger partial charge in [-0.05, 0) is 38.1 Å². The Morgan fingerprint density at radius 3 is 2.75 bits per heavy atom. The highest BCUT2D eigenvalue weighted by molar-refractivity contribution is 5.57. The van der Waals surface area contributed by atoms with Gasteiger partial charge in [0.2, 0.25) is 0 Å². The Bertz CT molecular complexity index is 697. The molecular formula is C15H16N4O. The van der Waals surface area contributed by atoms with E-state index >= 15 is 0 Å². The first-order chi connectivity index (χ1) is 9.72. The van der Waals surface area contributed by atoms with Gasteiger partial charge in [-0.15, -0.1) is 0 Å². The first kappa shape index (κ1) is 12.5.